The fraction of sp³-hybridized carbons (Fsp3) is 0. The molecule has 0 aliphatic heterocycles. The van der Waals surface area contributed by atoms with Gasteiger partial charge in [0.05, 0.1) is 5.52 Å². The van der Waals surface area contributed by atoms with E-state index in [2.05, 4.69) is 15.3 Å². The lowest BCUT2D eigenvalue weighted by molar-refractivity contribution is -0.141. The molecular formula is C10H8N4O3. The van der Waals surface area contributed by atoms with Crippen molar-refractivity contribution < 1.29 is 14.8 Å². The highest BCUT2D eigenvalue weighted by molar-refractivity contribution is 6.39. The van der Waals surface area contributed by atoms with Crippen LogP contribution in [0.15, 0.2) is 30.7 Å². The number of hydrogen-bond donors (Lipinski definition) is 3. The summed E-state index contributed by atoms with van der Waals surface area (Å²) in [4.78, 5) is 29.8. The van der Waals surface area contributed by atoms with Crippen LogP contribution in [-0.2, 0) is 9.59 Å². The first-order valence-corrected chi connectivity index (χ1v) is 4.66. The predicted molar refractivity (Wildman–Crippen MR) is 58.1 cm³/mol. The predicted octanol–water partition coefficient (Wildman–Crippen LogP) is 0.0737. The lowest BCUT2D eigenvalue weighted by Crippen LogP contribution is -2.33. The molecule has 2 rings (SSSR count). The molecule has 0 radical (unpaired) electrons. The summed E-state index contributed by atoms with van der Waals surface area (Å²) >= 11 is 0. The number of benzene rings is 1. The van der Waals surface area contributed by atoms with Crippen molar-refractivity contribution in [1.29, 1.82) is 0 Å². The molecule has 0 saturated carbocycles. The van der Waals surface area contributed by atoms with E-state index in [0.29, 0.717) is 5.69 Å². The Balaban J connectivity index is 2.25. The van der Waals surface area contributed by atoms with Gasteiger partial charge < -0.3 is 5.32 Å². The Morgan fingerprint density at radius 2 is 2.06 bits per heavy atom. The number of hydrogen-bond acceptors (Lipinski definition) is 5. The molecule has 0 spiro atoms. The highest BCUT2D eigenvalue weighted by Gasteiger charge is 2.12. The largest absolute Gasteiger partial charge is 0.332 e. The van der Waals surface area contributed by atoms with Gasteiger partial charge >= 0.3 is 11.8 Å². The first-order chi connectivity index (χ1) is 8.20. The van der Waals surface area contributed by atoms with E-state index < -0.39 is 11.8 Å². The van der Waals surface area contributed by atoms with Gasteiger partial charge in [-0.15, -0.1) is 0 Å². The number of aromatic nitrogens is 2. The minimum atomic E-state index is -1.13. The second-order valence-electron chi connectivity index (χ2n) is 3.19. The Morgan fingerprint density at radius 3 is 2.82 bits per heavy atom. The van der Waals surface area contributed by atoms with Gasteiger partial charge in [0.25, 0.3) is 0 Å². The summed E-state index contributed by atoms with van der Waals surface area (Å²) in [5, 5.41) is 11.3. The Morgan fingerprint density at radius 1 is 1.24 bits per heavy atom. The molecule has 1 heterocycles. The third-order valence-corrected chi connectivity index (χ3v) is 2.07. The summed E-state index contributed by atoms with van der Waals surface area (Å²) in [6.45, 7) is 0. The standard InChI is InChI=1S/C10H8N4O3/c15-9(10(16)14-17)13-7-1-2-8-6(3-7)4-11-5-12-8/h1-5,17H,(H,13,15)(H,14,16). The maximum Gasteiger partial charge on any atom is 0.332 e. The number of fused-ring (bicyclic) bond motifs is 1. The minimum Gasteiger partial charge on any atom is -0.318 e. The minimum absolute atomic E-state index is 0.418. The van der Waals surface area contributed by atoms with E-state index in [1.165, 1.54) is 11.8 Å². The Bertz CT molecular complexity index is 585. The van der Waals surface area contributed by atoms with Gasteiger partial charge in [0.2, 0.25) is 0 Å². The van der Waals surface area contributed by atoms with Crippen molar-refractivity contribution in [3.8, 4) is 0 Å². The molecule has 0 bridgehead atoms. The van der Waals surface area contributed by atoms with Crippen LogP contribution in [0.1, 0.15) is 0 Å². The number of carbonyl (C=O) groups excluding carboxylic acids is 2. The average Bonchev–Trinajstić information content (AvgIpc) is 2.37. The summed E-state index contributed by atoms with van der Waals surface area (Å²) < 4.78 is 0. The Kier molecular flexibility index (Phi) is 2.93. The third-order valence-electron chi connectivity index (χ3n) is 2.07. The molecule has 1 aromatic heterocycles. The van der Waals surface area contributed by atoms with Crippen LogP contribution in [0.3, 0.4) is 0 Å². The van der Waals surface area contributed by atoms with Gasteiger partial charge in [-0.1, -0.05) is 0 Å². The van der Waals surface area contributed by atoms with Crippen molar-refractivity contribution in [3.63, 3.8) is 0 Å². The molecule has 0 atom stereocenters. The summed E-state index contributed by atoms with van der Waals surface area (Å²) in [6.07, 6.45) is 3.00. The first-order valence-electron chi connectivity index (χ1n) is 4.66. The van der Waals surface area contributed by atoms with Gasteiger partial charge in [-0.25, -0.2) is 15.4 Å². The monoisotopic (exact) mass is 232 g/mol. The van der Waals surface area contributed by atoms with E-state index in [0.717, 1.165) is 10.9 Å². The van der Waals surface area contributed by atoms with E-state index in [4.69, 9.17) is 5.21 Å². The van der Waals surface area contributed by atoms with Crippen molar-refractivity contribution in [3.05, 3.63) is 30.7 Å². The molecule has 0 unspecified atom stereocenters. The van der Waals surface area contributed by atoms with Crippen molar-refractivity contribution in [1.82, 2.24) is 15.4 Å². The molecule has 3 N–H and O–H groups in total. The fourth-order valence-electron chi connectivity index (χ4n) is 1.30. The van der Waals surface area contributed by atoms with Crippen LogP contribution in [0.2, 0.25) is 0 Å². The van der Waals surface area contributed by atoms with Crippen LogP contribution in [0.25, 0.3) is 10.9 Å². The number of nitrogens with zero attached hydrogens (tertiary/aromatic N) is 2. The molecule has 2 amide bonds. The van der Waals surface area contributed by atoms with Gasteiger partial charge in [-0.05, 0) is 18.2 Å². The molecule has 0 aliphatic rings. The highest BCUT2D eigenvalue weighted by atomic mass is 16.5. The van der Waals surface area contributed by atoms with Crippen molar-refractivity contribution in [2.75, 3.05) is 5.32 Å². The van der Waals surface area contributed by atoms with Gasteiger partial charge in [0.1, 0.15) is 6.33 Å². The lowest BCUT2D eigenvalue weighted by Gasteiger charge is -2.04. The molecule has 2 aromatic rings. The van der Waals surface area contributed by atoms with Gasteiger partial charge in [0, 0.05) is 17.3 Å². The molecule has 0 saturated heterocycles. The first kappa shape index (κ1) is 11.0. The molecule has 1 aromatic carbocycles. The molecule has 0 fully saturated rings. The quantitative estimate of drug-likeness (QED) is 0.367. The van der Waals surface area contributed by atoms with Crippen molar-refractivity contribution in [2.45, 2.75) is 0 Å². The number of amides is 2. The fourth-order valence-corrected chi connectivity index (χ4v) is 1.30. The van der Waals surface area contributed by atoms with Gasteiger partial charge in [0.15, 0.2) is 0 Å². The summed E-state index contributed by atoms with van der Waals surface area (Å²) in [7, 11) is 0. The molecule has 7 heteroatoms. The molecular weight excluding hydrogens is 224 g/mol. The Hall–Kier alpha value is -2.54. The SMILES string of the molecule is O=C(NO)C(=O)Nc1ccc2ncncc2c1. The molecule has 7 nitrogen and oxygen atoms in total. The second-order valence-corrected chi connectivity index (χ2v) is 3.19. The summed E-state index contributed by atoms with van der Waals surface area (Å²) in [5.74, 6) is -2.09. The van der Waals surface area contributed by atoms with Crippen LogP contribution < -0.4 is 10.8 Å². The van der Waals surface area contributed by atoms with Crippen LogP contribution in [-0.4, -0.2) is 27.0 Å². The van der Waals surface area contributed by atoms with Crippen molar-refractivity contribution in [2.24, 2.45) is 0 Å². The zero-order chi connectivity index (χ0) is 12.3. The zero-order valence-corrected chi connectivity index (χ0v) is 8.54. The van der Waals surface area contributed by atoms with Crippen LogP contribution in [0.4, 0.5) is 5.69 Å². The van der Waals surface area contributed by atoms with Crippen LogP contribution in [0.5, 0.6) is 0 Å². The maximum atomic E-state index is 11.2. The average molecular weight is 232 g/mol. The summed E-state index contributed by atoms with van der Waals surface area (Å²) in [5.41, 5.74) is 2.39. The number of anilines is 1. The van der Waals surface area contributed by atoms with Gasteiger partial charge in [-0.3, -0.25) is 14.8 Å². The second kappa shape index (κ2) is 4.54. The third kappa shape index (κ3) is 2.34. The summed E-state index contributed by atoms with van der Waals surface area (Å²) in [6, 6.07) is 4.90. The number of hydroxylamine groups is 1. The van der Waals surface area contributed by atoms with E-state index in [1.54, 1.807) is 24.4 Å². The number of carbonyl (C=O) groups is 2. The number of rotatable bonds is 1. The van der Waals surface area contributed by atoms with Crippen molar-refractivity contribution >= 4 is 28.4 Å². The number of nitrogens with one attached hydrogen (secondary N) is 2. The zero-order valence-electron chi connectivity index (χ0n) is 8.54. The topological polar surface area (TPSA) is 104 Å². The maximum absolute atomic E-state index is 11.2. The van der Waals surface area contributed by atoms with Crippen LogP contribution >= 0.6 is 0 Å². The van der Waals surface area contributed by atoms with Crippen LogP contribution in [0, 0.1) is 0 Å². The van der Waals surface area contributed by atoms with E-state index in [9.17, 15) is 9.59 Å². The smallest absolute Gasteiger partial charge is 0.318 e. The van der Waals surface area contributed by atoms with Gasteiger partial charge in [-0.2, -0.15) is 0 Å². The normalized spacial score (nSPS) is 9.94. The van der Waals surface area contributed by atoms with E-state index in [1.807, 2.05) is 0 Å². The van der Waals surface area contributed by atoms with E-state index >= 15 is 0 Å². The highest BCUT2D eigenvalue weighted by Crippen LogP contribution is 2.15. The molecule has 0 aliphatic carbocycles. The van der Waals surface area contributed by atoms with E-state index in [-0.39, 0.29) is 0 Å². The Labute approximate surface area is 95.5 Å². The lowest BCUT2D eigenvalue weighted by atomic mass is 10.2. The molecule has 86 valence electrons. The molecule has 17 heavy (non-hydrogen) atoms.